The topological polar surface area (TPSA) is 95.5 Å². The lowest BCUT2D eigenvalue weighted by Gasteiger charge is -2.12. The highest BCUT2D eigenvalue weighted by Crippen LogP contribution is 2.17. The molecule has 0 aliphatic carbocycles. The van der Waals surface area contributed by atoms with Crippen molar-refractivity contribution in [3.05, 3.63) is 22.4 Å². The Balaban J connectivity index is 2.33. The summed E-state index contributed by atoms with van der Waals surface area (Å²) in [5.41, 5.74) is 0. The fourth-order valence-corrected chi connectivity index (χ4v) is 1.99. The number of thiophene rings is 1. The van der Waals surface area contributed by atoms with E-state index in [-0.39, 0.29) is 18.9 Å². The van der Waals surface area contributed by atoms with Crippen LogP contribution in [-0.2, 0) is 9.59 Å². The average molecular weight is 270 g/mol. The van der Waals surface area contributed by atoms with Crippen LogP contribution < -0.4 is 10.6 Å². The number of carboxylic acids is 1. The number of urea groups is 1. The third-order valence-electron chi connectivity index (χ3n) is 2.14. The Morgan fingerprint density at radius 2 is 2.11 bits per heavy atom. The van der Waals surface area contributed by atoms with E-state index in [1.165, 1.54) is 11.3 Å². The number of carbonyl (C=O) groups is 3. The first-order valence-corrected chi connectivity index (χ1v) is 6.22. The van der Waals surface area contributed by atoms with Crippen molar-refractivity contribution in [1.29, 1.82) is 0 Å². The van der Waals surface area contributed by atoms with Crippen LogP contribution in [-0.4, -0.2) is 23.0 Å². The molecule has 0 aliphatic rings. The monoisotopic (exact) mass is 270 g/mol. The summed E-state index contributed by atoms with van der Waals surface area (Å²) < 4.78 is 0. The van der Waals surface area contributed by atoms with Gasteiger partial charge in [0.15, 0.2) is 0 Å². The summed E-state index contributed by atoms with van der Waals surface area (Å²) in [4.78, 5) is 33.8. The molecule has 1 unspecified atom stereocenters. The SMILES string of the molecule is CC(NC(=O)NC(=O)CCC(=O)O)c1cccs1. The molecule has 18 heavy (non-hydrogen) atoms. The summed E-state index contributed by atoms with van der Waals surface area (Å²) in [6, 6.07) is 2.93. The van der Waals surface area contributed by atoms with Crippen molar-refractivity contribution in [2.45, 2.75) is 25.8 Å². The lowest BCUT2D eigenvalue weighted by atomic mass is 10.3. The minimum atomic E-state index is -1.07. The largest absolute Gasteiger partial charge is 0.481 e. The van der Waals surface area contributed by atoms with Crippen molar-refractivity contribution in [3.8, 4) is 0 Å². The molecule has 0 fully saturated rings. The molecule has 0 spiro atoms. The summed E-state index contributed by atoms with van der Waals surface area (Å²) in [7, 11) is 0. The van der Waals surface area contributed by atoms with E-state index < -0.39 is 17.9 Å². The van der Waals surface area contributed by atoms with Gasteiger partial charge >= 0.3 is 12.0 Å². The van der Waals surface area contributed by atoms with Crippen LogP contribution in [0.3, 0.4) is 0 Å². The van der Waals surface area contributed by atoms with E-state index in [2.05, 4.69) is 10.6 Å². The Morgan fingerprint density at radius 1 is 1.39 bits per heavy atom. The molecule has 7 heteroatoms. The first-order chi connectivity index (χ1) is 8.49. The van der Waals surface area contributed by atoms with E-state index in [9.17, 15) is 14.4 Å². The van der Waals surface area contributed by atoms with E-state index in [0.29, 0.717) is 0 Å². The van der Waals surface area contributed by atoms with Gasteiger partial charge in [-0.25, -0.2) is 4.79 Å². The molecule has 0 radical (unpaired) electrons. The van der Waals surface area contributed by atoms with Crippen LogP contribution in [0.15, 0.2) is 17.5 Å². The summed E-state index contributed by atoms with van der Waals surface area (Å²) in [6.45, 7) is 1.80. The van der Waals surface area contributed by atoms with Crippen LogP contribution in [0.5, 0.6) is 0 Å². The van der Waals surface area contributed by atoms with Crippen molar-refractivity contribution in [2.24, 2.45) is 0 Å². The highest BCUT2D eigenvalue weighted by Gasteiger charge is 2.13. The maximum atomic E-state index is 11.4. The van der Waals surface area contributed by atoms with Gasteiger partial charge < -0.3 is 10.4 Å². The van der Waals surface area contributed by atoms with Crippen LogP contribution >= 0.6 is 11.3 Å². The number of hydrogen-bond acceptors (Lipinski definition) is 4. The average Bonchev–Trinajstić information content (AvgIpc) is 2.79. The van der Waals surface area contributed by atoms with E-state index >= 15 is 0 Å². The Kier molecular flexibility index (Phi) is 5.31. The van der Waals surface area contributed by atoms with Gasteiger partial charge in [0.05, 0.1) is 12.5 Å². The van der Waals surface area contributed by atoms with Crippen LogP contribution in [0.4, 0.5) is 4.79 Å². The third-order valence-corrected chi connectivity index (χ3v) is 3.19. The van der Waals surface area contributed by atoms with E-state index in [4.69, 9.17) is 5.11 Å². The molecule has 1 rings (SSSR count). The molecule has 6 nitrogen and oxygen atoms in total. The molecule has 1 heterocycles. The van der Waals surface area contributed by atoms with Crippen LogP contribution in [0.2, 0.25) is 0 Å². The molecule has 3 amide bonds. The minimum Gasteiger partial charge on any atom is -0.481 e. The second kappa shape index (κ2) is 6.75. The molecule has 0 bridgehead atoms. The molecule has 3 N–H and O–H groups in total. The second-order valence-corrected chi connectivity index (χ2v) is 4.63. The predicted octanol–water partition coefficient (Wildman–Crippen LogP) is 1.50. The van der Waals surface area contributed by atoms with Gasteiger partial charge in [-0.3, -0.25) is 14.9 Å². The van der Waals surface area contributed by atoms with Gasteiger partial charge in [-0.2, -0.15) is 0 Å². The van der Waals surface area contributed by atoms with Gasteiger partial charge in [0.25, 0.3) is 0 Å². The van der Waals surface area contributed by atoms with Crippen molar-refractivity contribution in [3.63, 3.8) is 0 Å². The van der Waals surface area contributed by atoms with Gasteiger partial charge in [-0.15, -0.1) is 11.3 Å². The van der Waals surface area contributed by atoms with Crippen molar-refractivity contribution >= 4 is 29.2 Å². The van der Waals surface area contributed by atoms with Crippen molar-refractivity contribution in [2.75, 3.05) is 0 Å². The number of rotatable bonds is 5. The Hall–Kier alpha value is -1.89. The summed E-state index contributed by atoms with van der Waals surface area (Å²) in [5.74, 6) is -1.68. The van der Waals surface area contributed by atoms with Gasteiger partial charge in [-0.05, 0) is 18.4 Å². The predicted molar refractivity (Wildman–Crippen MR) is 66.3 cm³/mol. The smallest absolute Gasteiger partial charge is 0.321 e. The van der Waals surface area contributed by atoms with Crippen molar-refractivity contribution in [1.82, 2.24) is 10.6 Å². The highest BCUT2D eigenvalue weighted by molar-refractivity contribution is 7.10. The lowest BCUT2D eigenvalue weighted by molar-refractivity contribution is -0.138. The Labute approximate surface area is 108 Å². The number of amides is 3. The molecule has 0 saturated heterocycles. The van der Waals surface area contributed by atoms with Gasteiger partial charge in [0.1, 0.15) is 0 Å². The molecule has 1 aromatic rings. The summed E-state index contributed by atoms with van der Waals surface area (Å²) in [6.07, 6.45) is -0.504. The number of nitrogens with one attached hydrogen (secondary N) is 2. The fourth-order valence-electron chi connectivity index (χ4n) is 1.25. The quantitative estimate of drug-likeness (QED) is 0.755. The minimum absolute atomic E-state index is 0.197. The number of carbonyl (C=O) groups excluding carboxylic acids is 2. The zero-order valence-corrected chi connectivity index (χ0v) is 10.6. The van der Waals surface area contributed by atoms with E-state index in [0.717, 1.165) is 4.88 Å². The Morgan fingerprint density at radius 3 is 2.67 bits per heavy atom. The molecule has 1 aromatic heterocycles. The molecule has 0 saturated carbocycles. The maximum absolute atomic E-state index is 11.4. The fraction of sp³-hybridized carbons (Fsp3) is 0.364. The van der Waals surface area contributed by atoms with Crippen molar-refractivity contribution < 1.29 is 19.5 Å². The molecule has 0 aromatic carbocycles. The standard InChI is InChI=1S/C11H14N2O4S/c1-7(8-3-2-6-18-8)12-11(17)13-9(14)4-5-10(15)16/h2-3,6-7H,4-5H2,1H3,(H,15,16)(H2,12,13,14,17). The maximum Gasteiger partial charge on any atom is 0.321 e. The molecular formula is C11H14N2O4S. The van der Waals surface area contributed by atoms with Gasteiger partial charge in [0, 0.05) is 11.3 Å². The highest BCUT2D eigenvalue weighted by atomic mass is 32.1. The zero-order chi connectivity index (χ0) is 13.5. The lowest BCUT2D eigenvalue weighted by Crippen LogP contribution is -2.40. The Bertz CT molecular complexity index is 430. The zero-order valence-electron chi connectivity index (χ0n) is 9.80. The van der Waals surface area contributed by atoms with Gasteiger partial charge in [0.2, 0.25) is 5.91 Å². The first-order valence-electron chi connectivity index (χ1n) is 5.34. The first kappa shape index (κ1) is 14.2. The normalized spacial score (nSPS) is 11.6. The number of imide groups is 1. The number of carboxylic acid groups (broad SMARTS) is 1. The van der Waals surface area contributed by atoms with Crippen LogP contribution in [0.25, 0.3) is 0 Å². The third kappa shape index (κ3) is 4.96. The number of aliphatic carboxylic acids is 1. The molecule has 98 valence electrons. The summed E-state index contributed by atoms with van der Waals surface area (Å²) >= 11 is 1.50. The number of hydrogen-bond donors (Lipinski definition) is 3. The molecule has 1 atom stereocenters. The second-order valence-electron chi connectivity index (χ2n) is 3.65. The van der Waals surface area contributed by atoms with E-state index in [1.54, 1.807) is 6.92 Å². The van der Waals surface area contributed by atoms with Crippen LogP contribution in [0.1, 0.15) is 30.7 Å². The summed E-state index contributed by atoms with van der Waals surface area (Å²) in [5, 5.41) is 15.0. The van der Waals surface area contributed by atoms with Crippen LogP contribution in [0, 0.1) is 0 Å². The van der Waals surface area contributed by atoms with E-state index in [1.807, 2.05) is 17.5 Å². The molecule has 0 aliphatic heterocycles. The molecular weight excluding hydrogens is 256 g/mol. The van der Waals surface area contributed by atoms with Gasteiger partial charge in [-0.1, -0.05) is 6.07 Å².